The van der Waals surface area contributed by atoms with E-state index in [0.29, 0.717) is 6.54 Å². The van der Waals surface area contributed by atoms with E-state index in [-0.39, 0.29) is 55.2 Å². The lowest BCUT2D eigenvalue weighted by Crippen LogP contribution is -2.47. The molecule has 57 heavy (non-hydrogen) atoms. The minimum atomic E-state index is -3.97. The maximum atomic E-state index is 13.7. The molecule has 0 aromatic heterocycles. The number of benzene rings is 5. The monoisotopic (exact) mass is 789 g/mol. The van der Waals surface area contributed by atoms with Crippen LogP contribution in [0, 0.1) is 6.92 Å². The van der Waals surface area contributed by atoms with Gasteiger partial charge in [0.15, 0.2) is 6.29 Å². The Balaban J connectivity index is 1.10. The summed E-state index contributed by atoms with van der Waals surface area (Å²) >= 11 is 0. The van der Waals surface area contributed by atoms with Gasteiger partial charge in [-0.2, -0.15) is 4.72 Å². The number of aryl methyl sites for hydroxylation is 1. The van der Waals surface area contributed by atoms with Crippen molar-refractivity contribution >= 4 is 15.9 Å². The molecule has 2 aliphatic rings. The molecule has 11 heteroatoms. The molecule has 4 N–H and O–H groups in total. The smallest absolute Gasteiger partial charge is 0.241 e. The van der Waals surface area contributed by atoms with Crippen LogP contribution in [0.15, 0.2) is 138 Å². The highest BCUT2D eigenvalue weighted by Gasteiger charge is 2.43. The number of carbonyl (C=O) groups excluding carboxylic acids is 1. The number of ether oxygens (including phenoxy) is 2. The number of hydrogen-bond donors (Lipinski definition) is 4. The summed E-state index contributed by atoms with van der Waals surface area (Å²) in [6, 6.07) is 40.7. The lowest BCUT2D eigenvalue weighted by molar-refractivity contribution is -0.264. The quantitative estimate of drug-likeness (QED) is 0.100. The molecule has 0 spiro atoms. The van der Waals surface area contributed by atoms with E-state index in [0.717, 1.165) is 58.3 Å². The molecule has 0 bridgehead atoms. The largest absolute Gasteiger partial charge is 0.395 e. The summed E-state index contributed by atoms with van der Waals surface area (Å²) < 4.78 is 43.1. The molecule has 0 aliphatic carbocycles. The molecule has 6 unspecified atom stereocenters. The van der Waals surface area contributed by atoms with Gasteiger partial charge < -0.3 is 25.0 Å². The molecule has 5 aromatic rings. The van der Waals surface area contributed by atoms with Gasteiger partial charge in [-0.05, 0) is 72.7 Å². The zero-order valence-electron chi connectivity index (χ0n) is 32.1. The summed E-state index contributed by atoms with van der Waals surface area (Å²) in [5.74, 6) is -0.588. The Bertz CT molecular complexity index is 2150. The predicted octanol–water partition coefficient (Wildman–Crippen LogP) is 6.09. The first-order valence-electron chi connectivity index (χ1n) is 19.6. The van der Waals surface area contributed by atoms with Crippen LogP contribution < -0.4 is 10.0 Å². The Morgan fingerprint density at radius 2 is 1.42 bits per heavy atom. The molecule has 2 fully saturated rings. The number of hydrogen-bond acceptors (Lipinski definition) is 8. The Morgan fingerprint density at radius 1 is 0.772 bits per heavy atom. The SMILES string of the molecule is Cc1ccc(S(=O)(=O)NC(Cc2ccccc2)C(=O)NCc2ccc(C3OC(CN4CCCC4CO)C(c4ccccc4)C(c4ccc(CO)cc4)O3)cc2)cc1. The normalized spacial score (nSPS) is 21.9. The van der Waals surface area contributed by atoms with Gasteiger partial charge in [0.2, 0.25) is 15.9 Å². The van der Waals surface area contributed by atoms with Gasteiger partial charge in [-0.1, -0.05) is 127 Å². The van der Waals surface area contributed by atoms with Crippen molar-refractivity contribution in [3.05, 3.63) is 172 Å². The summed E-state index contributed by atoms with van der Waals surface area (Å²) in [6.07, 6.45) is 0.785. The van der Waals surface area contributed by atoms with Gasteiger partial charge in [0, 0.05) is 30.6 Å². The van der Waals surface area contributed by atoms with Crippen LogP contribution in [0.3, 0.4) is 0 Å². The summed E-state index contributed by atoms with van der Waals surface area (Å²) in [5, 5.41) is 22.9. The van der Waals surface area contributed by atoms with Crippen molar-refractivity contribution in [1.29, 1.82) is 0 Å². The molecular formula is C46H51N3O7S. The van der Waals surface area contributed by atoms with E-state index in [2.05, 4.69) is 27.1 Å². The highest BCUT2D eigenvalue weighted by Crippen LogP contribution is 2.47. The molecule has 298 valence electrons. The third-order valence-corrected chi connectivity index (χ3v) is 12.5. The molecule has 2 aliphatic heterocycles. The molecule has 5 aromatic carbocycles. The molecule has 0 saturated carbocycles. The van der Waals surface area contributed by atoms with Crippen LogP contribution in [-0.4, -0.2) is 67.3 Å². The third-order valence-electron chi connectivity index (χ3n) is 11.0. The topological polar surface area (TPSA) is 137 Å². The maximum absolute atomic E-state index is 13.7. The van der Waals surface area contributed by atoms with Gasteiger partial charge in [-0.25, -0.2) is 8.42 Å². The van der Waals surface area contributed by atoms with Crippen LogP contribution in [0.25, 0.3) is 0 Å². The number of aliphatic hydroxyl groups excluding tert-OH is 2. The van der Waals surface area contributed by atoms with Gasteiger partial charge in [-0.3, -0.25) is 9.69 Å². The predicted molar refractivity (Wildman–Crippen MR) is 218 cm³/mol. The van der Waals surface area contributed by atoms with Crippen molar-refractivity contribution in [2.45, 2.75) is 80.7 Å². The van der Waals surface area contributed by atoms with Crippen LogP contribution in [0.2, 0.25) is 0 Å². The number of likely N-dealkylation sites (tertiary alicyclic amines) is 1. The fraction of sp³-hybridized carbons (Fsp3) is 0.326. The summed E-state index contributed by atoms with van der Waals surface area (Å²) in [6.45, 7) is 3.61. The van der Waals surface area contributed by atoms with E-state index in [1.165, 1.54) is 12.1 Å². The highest BCUT2D eigenvalue weighted by molar-refractivity contribution is 7.89. The number of nitrogens with zero attached hydrogens (tertiary/aromatic N) is 1. The Hall–Kier alpha value is -4.72. The lowest BCUT2D eigenvalue weighted by Gasteiger charge is -2.44. The highest BCUT2D eigenvalue weighted by atomic mass is 32.2. The Labute approximate surface area is 335 Å². The first-order valence-corrected chi connectivity index (χ1v) is 21.1. The first kappa shape index (κ1) is 40.5. The van der Waals surface area contributed by atoms with E-state index in [9.17, 15) is 23.4 Å². The van der Waals surface area contributed by atoms with Crippen molar-refractivity contribution in [3.63, 3.8) is 0 Å². The number of carbonyl (C=O) groups is 1. The second kappa shape index (κ2) is 18.7. The van der Waals surface area contributed by atoms with Crippen molar-refractivity contribution in [3.8, 4) is 0 Å². The van der Waals surface area contributed by atoms with Gasteiger partial charge in [-0.15, -0.1) is 0 Å². The average molecular weight is 790 g/mol. The second-order valence-corrected chi connectivity index (χ2v) is 16.7. The van der Waals surface area contributed by atoms with Crippen LogP contribution in [0.5, 0.6) is 0 Å². The Kier molecular flexibility index (Phi) is 13.3. The van der Waals surface area contributed by atoms with E-state index in [1.54, 1.807) is 12.1 Å². The number of aliphatic hydroxyl groups is 2. The fourth-order valence-corrected chi connectivity index (χ4v) is 9.05. The minimum absolute atomic E-state index is 0.0523. The average Bonchev–Trinajstić information content (AvgIpc) is 3.70. The van der Waals surface area contributed by atoms with Crippen LogP contribution in [0.1, 0.15) is 70.1 Å². The minimum Gasteiger partial charge on any atom is -0.395 e. The zero-order chi connectivity index (χ0) is 39.8. The zero-order valence-corrected chi connectivity index (χ0v) is 32.9. The molecule has 2 saturated heterocycles. The van der Waals surface area contributed by atoms with Gasteiger partial charge in [0.1, 0.15) is 6.04 Å². The van der Waals surface area contributed by atoms with E-state index in [1.807, 2.05) is 104 Å². The van der Waals surface area contributed by atoms with Crippen molar-refractivity contribution in [1.82, 2.24) is 14.9 Å². The summed E-state index contributed by atoms with van der Waals surface area (Å²) in [7, 11) is -3.97. The molecule has 0 radical (unpaired) electrons. The van der Waals surface area contributed by atoms with Crippen molar-refractivity contribution in [2.24, 2.45) is 0 Å². The van der Waals surface area contributed by atoms with Crippen LogP contribution in [-0.2, 0) is 43.9 Å². The number of amides is 1. The molecule has 10 nitrogen and oxygen atoms in total. The maximum Gasteiger partial charge on any atom is 0.241 e. The van der Waals surface area contributed by atoms with Gasteiger partial charge in [0.25, 0.3) is 0 Å². The van der Waals surface area contributed by atoms with Crippen LogP contribution >= 0.6 is 0 Å². The first-order chi connectivity index (χ1) is 27.7. The van der Waals surface area contributed by atoms with Crippen molar-refractivity contribution in [2.75, 3.05) is 19.7 Å². The van der Waals surface area contributed by atoms with Crippen LogP contribution in [0.4, 0.5) is 0 Å². The summed E-state index contributed by atoms with van der Waals surface area (Å²) in [5.41, 5.74) is 6.27. The molecule has 1 amide bonds. The number of nitrogens with one attached hydrogen (secondary N) is 2. The molecule has 6 atom stereocenters. The van der Waals surface area contributed by atoms with Gasteiger partial charge in [0.05, 0.1) is 30.3 Å². The number of sulfonamides is 1. The molecule has 2 heterocycles. The number of rotatable bonds is 15. The Morgan fingerprint density at radius 3 is 2.09 bits per heavy atom. The molecule has 7 rings (SSSR count). The fourth-order valence-electron chi connectivity index (χ4n) is 7.85. The van der Waals surface area contributed by atoms with Crippen molar-refractivity contribution < 1.29 is 32.9 Å². The third kappa shape index (κ3) is 10.1. The lowest BCUT2D eigenvalue weighted by atomic mass is 9.83. The second-order valence-electron chi connectivity index (χ2n) is 15.0. The molecular weight excluding hydrogens is 739 g/mol. The standard InChI is InChI=1S/C46H51N3O7S/c1-32-14-24-40(25-15-32)57(53,54)48-41(27-33-9-4-2-5-10-33)45(52)47-28-34-16-22-38(23-17-34)46-55-42(29-49-26-8-13-39(49)31-51)43(36-11-6-3-7-12-36)44(56-46)37-20-18-35(30-50)19-21-37/h2-7,9-12,14-25,39,41-44,46,48,50-51H,8,13,26-31H2,1H3,(H,47,52). The van der Waals surface area contributed by atoms with E-state index >= 15 is 0 Å². The van der Waals surface area contributed by atoms with Gasteiger partial charge >= 0.3 is 0 Å². The van der Waals surface area contributed by atoms with E-state index in [4.69, 9.17) is 9.47 Å². The summed E-state index contributed by atoms with van der Waals surface area (Å²) in [4.78, 5) is 16.1. The van der Waals surface area contributed by atoms with E-state index < -0.39 is 28.3 Å².